The SMILES string of the molecule is CCCN(CCC)C(=O)C1=Cc2c(Cl)cc(-c3ccc(C=O)c(N=CN(C)CC(=O)NNC4=Nc5cc(-c6ccc(C=O)c(N=CN(C)CC(=O)NC)c6)cc(F)c5C=C(C(=O)N(CCC)CCC)C4)c3)cc2N=C(N)C1. The van der Waals surface area contributed by atoms with E-state index < -0.39 is 11.7 Å². The Balaban J connectivity index is 1.23. The number of amidine groups is 2. The van der Waals surface area contributed by atoms with Gasteiger partial charge in [-0.2, -0.15) is 0 Å². The van der Waals surface area contributed by atoms with Crippen LogP contribution in [0.3, 0.4) is 0 Å². The summed E-state index contributed by atoms with van der Waals surface area (Å²) in [5.74, 6) is -1.37. The van der Waals surface area contributed by atoms with E-state index in [0.717, 1.165) is 12.8 Å². The first-order valence-corrected chi connectivity index (χ1v) is 25.9. The van der Waals surface area contributed by atoms with Crippen LogP contribution in [0.4, 0.5) is 27.1 Å². The molecular weight excluding hydrogens is 1000 g/mol. The zero-order valence-electron chi connectivity index (χ0n) is 44.6. The summed E-state index contributed by atoms with van der Waals surface area (Å²) in [6.45, 7) is 10.0. The summed E-state index contributed by atoms with van der Waals surface area (Å²) < 4.78 is 16.4. The summed E-state index contributed by atoms with van der Waals surface area (Å²) in [5.41, 5.74) is 17.4. The molecule has 0 bridgehead atoms. The molecule has 0 spiro atoms. The van der Waals surface area contributed by atoms with Crippen LogP contribution in [0.1, 0.15) is 98.1 Å². The highest BCUT2D eigenvalue weighted by Crippen LogP contribution is 2.39. The number of likely N-dealkylation sites (N-methyl/N-ethyl adjacent to an activating group) is 3. The molecule has 6 rings (SSSR count). The number of nitrogens with two attached hydrogens (primary N) is 1. The third-order valence-electron chi connectivity index (χ3n) is 12.4. The summed E-state index contributed by atoms with van der Waals surface area (Å²) >= 11 is 6.90. The Hall–Kier alpha value is -8.32. The number of nitrogens with zero attached hydrogens (tertiary/aromatic N) is 8. The maximum atomic E-state index is 16.4. The quantitative estimate of drug-likeness (QED) is 0.0254. The Morgan fingerprint density at radius 1 is 0.662 bits per heavy atom. The van der Waals surface area contributed by atoms with E-state index in [1.807, 2.05) is 38.7 Å². The number of benzene rings is 4. The molecule has 404 valence electrons. The number of aliphatic imine (C=N–C) groups is 4. The van der Waals surface area contributed by atoms with Crippen molar-refractivity contribution < 1.29 is 33.2 Å². The lowest BCUT2D eigenvalue weighted by atomic mass is 9.98. The molecule has 0 saturated carbocycles. The predicted octanol–water partition coefficient (Wildman–Crippen LogP) is 8.58. The van der Waals surface area contributed by atoms with Crippen LogP contribution in [0.5, 0.6) is 0 Å². The summed E-state index contributed by atoms with van der Waals surface area (Å²) in [7, 11) is 4.80. The van der Waals surface area contributed by atoms with Crippen molar-refractivity contribution in [2.75, 3.05) is 60.4 Å². The number of hydrogen-bond acceptors (Lipinski definition) is 12. The van der Waals surface area contributed by atoms with Crippen LogP contribution in [-0.2, 0) is 19.2 Å². The average molecular weight is 1070 g/mol. The van der Waals surface area contributed by atoms with Crippen molar-refractivity contribution in [3.8, 4) is 22.3 Å². The van der Waals surface area contributed by atoms with Gasteiger partial charge in [-0.25, -0.2) is 24.4 Å². The van der Waals surface area contributed by atoms with Gasteiger partial charge in [0.15, 0.2) is 12.6 Å². The van der Waals surface area contributed by atoms with Gasteiger partial charge in [0, 0.05) is 93.6 Å². The molecule has 0 aromatic heterocycles. The number of carbonyl (C=O) groups excluding carboxylic acids is 6. The molecule has 0 aliphatic carbocycles. The van der Waals surface area contributed by atoms with Crippen LogP contribution >= 0.6 is 11.6 Å². The second-order valence-corrected chi connectivity index (χ2v) is 19.1. The number of rotatable bonds is 22. The topological polar surface area (TPSA) is 227 Å². The fraction of sp³-hybridized carbons (Fsp3) is 0.333. The largest absolute Gasteiger partial charge is 0.387 e. The number of fused-ring (bicyclic) bond motifs is 2. The molecule has 4 aromatic rings. The number of hydrazine groups is 1. The van der Waals surface area contributed by atoms with Crippen molar-refractivity contribution in [1.82, 2.24) is 35.8 Å². The third kappa shape index (κ3) is 15.2. The minimum absolute atomic E-state index is 0.0314. The molecule has 0 saturated heterocycles. The molecule has 5 N–H and O–H groups in total. The molecule has 77 heavy (non-hydrogen) atoms. The number of amides is 4. The molecule has 2 heterocycles. The van der Waals surface area contributed by atoms with E-state index in [9.17, 15) is 28.8 Å². The molecule has 4 aromatic carbocycles. The minimum atomic E-state index is -0.656. The summed E-state index contributed by atoms with van der Waals surface area (Å²) in [4.78, 5) is 102. The van der Waals surface area contributed by atoms with Crippen LogP contribution in [0.15, 0.2) is 91.8 Å². The predicted molar refractivity (Wildman–Crippen MR) is 304 cm³/mol. The van der Waals surface area contributed by atoms with Gasteiger partial charge in [-0.15, -0.1) is 0 Å². The highest BCUT2D eigenvalue weighted by atomic mass is 35.5. The Morgan fingerprint density at radius 2 is 1.14 bits per heavy atom. The van der Waals surface area contributed by atoms with E-state index in [1.54, 1.807) is 78.5 Å². The van der Waals surface area contributed by atoms with Crippen LogP contribution in [-0.4, -0.2) is 141 Å². The molecule has 2 aliphatic heterocycles. The average Bonchev–Trinajstić information content (AvgIpc) is 3.72. The van der Waals surface area contributed by atoms with Crippen LogP contribution < -0.4 is 21.9 Å². The van der Waals surface area contributed by atoms with E-state index in [-0.39, 0.29) is 89.0 Å². The first-order valence-electron chi connectivity index (χ1n) is 25.5. The number of aldehydes is 2. The van der Waals surface area contributed by atoms with Crippen molar-refractivity contribution >= 4 is 107 Å². The lowest BCUT2D eigenvalue weighted by molar-refractivity contribution is -0.128. The molecule has 0 atom stereocenters. The van der Waals surface area contributed by atoms with E-state index in [2.05, 4.69) is 31.1 Å². The first kappa shape index (κ1) is 57.9. The van der Waals surface area contributed by atoms with Crippen LogP contribution in [0.2, 0.25) is 5.02 Å². The van der Waals surface area contributed by atoms with Crippen molar-refractivity contribution in [1.29, 1.82) is 0 Å². The van der Waals surface area contributed by atoms with Gasteiger partial charge in [0.25, 0.3) is 5.91 Å². The number of nitrogens with one attached hydrogen (secondary N) is 3. The lowest BCUT2D eigenvalue weighted by Crippen LogP contribution is -2.46. The third-order valence-corrected chi connectivity index (χ3v) is 12.7. The summed E-state index contributed by atoms with van der Waals surface area (Å²) in [6.07, 6.45) is 10.5. The zero-order chi connectivity index (χ0) is 55.8. The van der Waals surface area contributed by atoms with Crippen molar-refractivity contribution in [3.05, 3.63) is 105 Å². The molecule has 18 nitrogen and oxygen atoms in total. The number of carbonyl (C=O) groups is 6. The van der Waals surface area contributed by atoms with Crippen LogP contribution in [0, 0.1) is 5.82 Å². The molecule has 20 heteroatoms. The molecule has 4 amide bonds. The van der Waals surface area contributed by atoms with E-state index >= 15 is 4.39 Å². The first-order chi connectivity index (χ1) is 37.0. The lowest BCUT2D eigenvalue weighted by Gasteiger charge is -2.23. The number of hydrogen-bond donors (Lipinski definition) is 4. The molecule has 0 fully saturated rings. The minimum Gasteiger partial charge on any atom is -0.387 e. The van der Waals surface area contributed by atoms with Crippen molar-refractivity contribution in [2.24, 2.45) is 25.7 Å². The summed E-state index contributed by atoms with van der Waals surface area (Å²) in [6, 6.07) is 16.5. The van der Waals surface area contributed by atoms with E-state index in [4.69, 9.17) is 22.3 Å². The molecule has 0 unspecified atom stereocenters. The second kappa shape index (κ2) is 27.5. The molecular formula is C57H66ClFN12O6. The van der Waals surface area contributed by atoms with Gasteiger partial charge < -0.3 is 30.7 Å². The maximum absolute atomic E-state index is 16.4. The Labute approximate surface area is 453 Å². The Morgan fingerprint density at radius 3 is 1.65 bits per heavy atom. The zero-order valence-corrected chi connectivity index (χ0v) is 45.3. The fourth-order valence-electron chi connectivity index (χ4n) is 8.66. The second-order valence-electron chi connectivity index (χ2n) is 18.7. The summed E-state index contributed by atoms with van der Waals surface area (Å²) in [5, 5.41) is 2.90. The monoisotopic (exact) mass is 1070 g/mol. The van der Waals surface area contributed by atoms with Gasteiger partial charge >= 0.3 is 0 Å². The normalized spacial score (nSPS) is 12.9. The van der Waals surface area contributed by atoms with E-state index in [0.29, 0.717) is 101 Å². The standard InChI is InChI=1S/C57H66ClFN12O6/c1-8-16-70(17-9-2)56(76)42-20-44-46(58)22-40(26-50(44)64-52(60)28-42)36-12-14-38(32-72)48(24-36)63-35-69(7)31-55(75)67-66-53-29-43(57(77)71(18-10-3)19-11-4)21-45-47(59)23-41(27-51(45)65-53)37-13-15-39(33-73)49(25-37)62-34-68(6)30-54(74)61-5/h12-15,20-27,32-35H,8-11,16-19,28-31H2,1-7H3,(H2,60,64)(H,61,74)(H,65,66)(H,67,75). The highest BCUT2D eigenvalue weighted by molar-refractivity contribution is 6.33. The van der Waals surface area contributed by atoms with Crippen molar-refractivity contribution in [3.63, 3.8) is 0 Å². The van der Waals surface area contributed by atoms with Gasteiger partial charge in [0.05, 0.1) is 53.5 Å². The van der Waals surface area contributed by atoms with Gasteiger partial charge in [-0.1, -0.05) is 51.4 Å². The van der Waals surface area contributed by atoms with Gasteiger partial charge in [-0.3, -0.25) is 39.6 Å². The highest BCUT2D eigenvalue weighted by Gasteiger charge is 2.26. The molecule has 0 radical (unpaired) electrons. The van der Waals surface area contributed by atoms with Crippen LogP contribution in [0.25, 0.3) is 34.4 Å². The maximum Gasteiger partial charge on any atom is 0.257 e. The van der Waals surface area contributed by atoms with Gasteiger partial charge in [-0.05, 0) is 109 Å². The number of halogens is 2. The Bertz CT molecular complexity index is 3080. The smallest absolute Gasteiger partial charge is 0.257 e. The van der Waals surface area contributed by atoms with Crippen molar-refractivity contribution in [2.45, 2.75) is 66.2 Å². The van der Waals surface area contributed by atoms with Gasteiger partial charge in [0.1, 0.15) is 17.5 Å². The van der Waals surface area contributed by atoms with Gasteiger partial charge in [0.2, 0.25) is 17.7 Å². The Kier molecular flexibility index (Phi) is 20.7. The molecule has 2 aliphatic rings. The van der Waals surface area contributed by atoms with E-state index in [1.165, 1.54) is 36.8 Å². The fourth-order valence-corrected chi connectivity index (χ4v) is 8.93.